The van der Waals surface area contributed by atoms with Crippen LogP contribution in [0.1, 0.15) is 36.8 Å². The van der Waals surface area contributed by atoms with E-state index in [1.165, 1.54) is 0 Å². The summed E-state index contributed by atoms with van der Waals surface area (Å²) >= 11 is 10.2. The Morgan fingerprint density at radius 1 is 1.24 bits per heavy atom. The highest BCUT2D eigenvalue weighted by Gasteiger charge is 2.20. The second-order valence-electron chi connectivity index (χ2n) is 8.49. The van der Waals surface area contributed by atoms with Crippen molar-refractivity contribution in [2.45, 2.75) is 39.3 Å². The van der Waals surface area contributed by atoms with Gasteiger partial charge in [0.1, 0.15) is 17.2 Å². The molecule has 37 heavy (non-hydrogen) atoms. The number of rotatable bonds is 9. The van der Waals surface area contributed by atoms with E-state index in [0.29, 0.717) is 29.0 Å². The Morgan fingerprint density at radius 2 is 2.05 bits per heavy atom. The number of aromatic nitrogens is 6. The maximum atomic E-state index is 11.1. The van der Waals surface area contributed by atoms with Gasteiger partial charge in [0.25, 0.3) is 0 Å². The Morgan fingerprint density at radius 3 is 2.78 bits per heavy atom. The number of benzene rings is 2. The van der Waals surface area contributed by atoms with Crippen LogP contribution in [-0.2, 0) is 19.5 Å². The van der Waals surface area contributed by atoms with Crippen LogP contribution in [0.5, 0.6) is 0 Å². The molecule has 190 valence electrons. The fourth-order valence-electron chi connectivity index (χ4n) is 4.28. The monoisotopic (exact) mass is 583 g/mol. The average Bonchev–Trinajstić information content (AvgIpc) is 3.61. The van der Waals surface area contributed by atoms with Crippen LogP contribution in [0.25, 0.3) is 33.7 Å². The first-order valence-corrected chi connectivity index (χ1v) is 12.9. The summed E-state index contributed by atoms with van der Waals surface area (Å²) < 4.78 is 9.06. The summed E-state index contributed by atoms with van der Waals surface area (Å²) in [5.41, 5.74) is 4.01. The molecule has 1 amide bonds. The van der Waals surface area contributed by atoms with Gasteiger partial charge in [-0.05, 0) is 50.5 Å². The number of H-pyrrole nitrogens is 1. The molecule has 3 aromatic heterocycles. The number of halogens is 2. The van der Waals surface area contributed by atoms with Crippen molar-refractivity contribution in [3.63, 3.8) is 0 Å². The van der Waals surface area contributed by atoms with Crippen LogP contribution in [0.15, 0.2) is 51.4 Å². The minimum atomic E-state index is -1.11. The van der Waals surface area contributed by atoms with Crippen molar-refractivity contribution in [3.05, 3.63) is 69.2 Å². The molecule has 3 N–H and O–H groups in total. The minimum Gasteiger partial charge on any atom is -0.465 e. The summed E-state index contributed by atoms with van der Waals surface area (Å²) in [4.78, 5) is 15.7. The van der Waals surface area contributed by atoms with Crippen LogP contribution in [-0.4, -0.2) is 41.4 Å². The fraction of sp³-hybridized carbons (Fsp3) is 0.240. The molecule has 0 bridgehead atoms. The normalized spacial score (nSPS) is 11.3. The Bertz CT molecular complexity index is 1560. The summed E-state index contributed by atoms with van der Waals surface area (Å²) in [6, 6.07) is 13.7. The standard InChI is InChI=1S/C25H23BrClN7O3/c1-2-3-8-20-29-23(27)18(12-28-25(35)36)34(20)13-14-9-10-19-17(11-14)21(26)22(37-19)15-6-4-5-7-16(15)24-30-32-33-31-24/h4-7,9-11,28H,2-3,8,12-13H2,1H3,(H,35,36)(H,30,31,32,33). The largest absolute Gasteiger partial charge is 0.465 e. The molecule has 0 radical (unpaired) electrons. The molecular formula is C25H23BrClN7O3. The van der Waals surface area contributed by atoms with Gasteiger partial charge in [-0.1, -0.05) is 55.3 Å². The summed E-state index contributed by atoms with van der Waals surface area (Å²) in [6.07, 6.45) is 1.60. The second kappa shape index (κ2) is 10.7. The van der Waals surface area contributed by atoms with Gasteiger partial charge in [0.15, 0.2) is 11.0 Å². The first-order valence-electron chi connectivity index (χ1n) is 11.7. The first-order chi connectivity index (χ1) is 18.0. The van der Waals surface area contributed by atoms with Crippen molar-refractivity contribution in [2.24, 2.45) is 0 Å². The number of nitrogens with one attached hydrogen (secondary N) is 2. The number of aryl methyl sites for hydroxylation is 1. The zero-order valence-corrected chi connectivity index (χ0v) is 22.2. The van der Waals surface area contributed by atoms with Gasteiger partial charge in [-0.2, -0.15) is 0 Å². The topological polar surface area (TPSA) is 135 Å². The highest BCUT2D eigenvalue weighted by molar-refractivity contribution is 9.10. The summed E-state index contributed by atoms with van der Waals surface area (Å²) in [5.74, 6) is 2.04. The van der Waals surface area contributed by atoms with Gasteiger partial charge < -0.3 is 19.4 Å². The molecule has 0 unspecified atom stereocenters. The molecular weight excluding hydrogens is 562 g/mol. The lowest BCUT2D eigenvalue weighted by molar-refractivity contribution is 0.193. The van der Waals surface area contributed by atoms with Crippen LogP contribution < -0.4 is 5.32 Å². The number of hydrogen-bond acceptors (Lipinski definition) is 6. The van der Waals surface area contributed by atoms with E-state index in [0.717, 1.165) is 57.2 Å². The Labute approximate surface area is 225 Å². The van der Waals surface area contributed by atoms with Gasteiger partial charge in [0, 0.05) is 29.5 Å². The smallest absolute Gasteiger partial charge is 0.404 e. The van der Waals surface area contributed by atoms with E-state index in [1.54, 1.807) is 0 Å². The molecule has 5 rings (SSSR count). The van der Waals surface area contributed by atoms with Gasteiger partial charge in [-0.25, -0.2) is 14.9 Å². The molecule has 5 aromatic rings. The molecule has 0 saturated heterocycles. The molecule has 0 aliphatic carbocycles. The van der Waals surface area contributed by atoms with Gasteiger partial charge >= 0.3 is 6.09 Å². The average molecular weight is 585 g/mol. The second-order valence-corrected chi connectivity index (χ2v) is 9.64. The predicted molar refractivity (Wildman–Crippen MR) is 142 cm³/mol. The van der Waals surface area contributed by atoms with Crippen molar-refractivity contribution in [1.82, 2.24) is 35.5 Å². The van der Waals surface area contributed by atoms with E-state index >= 15 is 0 Å². The van der Waals surface area contributed by atoms with Crippen LogP contribution in [0.3, 0.4) is 0 Å². The summed E-state index contributed by atoms with van der Waals surface area (Å²) in [5, 5.41) is 27.0. The molecule has 12 heteroatoms. The van der Waals surface area contributed by atoms with Crippen molar-refractivity contribution in [3.8, 4) is 22.7 Å². The molecule has 0 saturated carbocycles. The number of nitrogens with zero attached hydrogens (tertiary/aromatic N) is 5. The van der Waals surface area contributed by atoms with E-state index in [4.69, 9.17) is 21.1 Å². The van der Waals surface area contributed by atoms with Crippen LogP contribution in [0.4, 0.5) is 4.79 Å². The van der Waals surface area contributed by atoms with Crippen molar-refractivity contribution < 1.29 is 14.3 Å². The lowest BCUT2D eigenvalue weighted by Crippen LogP contribution is -2.22. The van der Waals surface area contributed by atoms with Crippen molar-refractivity contribution in [2.75, 3.05) is 0 Å². The lowest BCUT2D eigenvalue weighted by Gasteiger charge is -2.12. The number of tetrazole rings is 1. The number of unbranched alkanes of at least 4 members (excludes halogenated alkanes) is 1. The van der Waals surface area contributed by atoms with Crippen LogP contribution in [0, 0.1) is 0 Å². The Hall–Kier alpha value is -3.70. The third kappa shape index (κ3) is 5.09. The molecule has 0 aliphatic rings. The van der Waals surface area contributed by atoms with E-state index < -0.39 is 6.09 Å². The number of carboxylic acid groups (broad SMARTS) is 1. The fourth-order valence-corrected chi connectivity index (χ4v) is 5.15. The molecule has 0 spiro atoms. The van der Waals surface area contributed by atoms with E-state index in [1.807, 2.05) is 41.0 Å². The Balaban J connectivity index is 1.53. The molecule has 0 fully saturated rings. The van der Waals surface area contributed by atoms with Gasteiger partial charge in [-0.3, -0.25) is 0 Å². The van der Waals surface area contributed by atoms with Crippen molar-refractivity contribution >= 4 is 44.6 Å². The van der Waals surface area contributed by atoms with Crippen LogP contribution >= 0.6 is 27.5 Å². The third-order valence-electron chi connectivity index (χ3n) is 6.07. The van der Waals surface area contributed by atoms with E-state index in [-0.39, 0.29) is 6.54 Å². The summed E-state index contributed by atoms with van der Waals surface area (Å²) in [6.45, 7) is 2.67. The molecule has 10 nitrogen and oxygen atoms in total. The van der Waals surface area contributed by atoms with Gasteiger partial charge in [-0.15, -0.1) is 5.10 Å². The number of carbonyl (C=O) groups is 1. The number of aromatic amines is 1. The van der Waals surface area contributed by atoms with E-state index in [9.17, 15) is 4.79 Å². The highest BCUT2D eigenvalue weighted by Crippen LogP contribution is 2.41. The zero-order valence-electron chi connectivity index (χ0n) is 19.8. The number of furan rings is 1. The third-order valence-corrected chi connectivity index (χ3v) is 7.16. The maximum Gasteiger partial charge on any atom is 0.404 e. The zero-order chi connectivity index (χ0) is 25.9. The van der Waals surface area contributed by atoms with Crippen molar-refractivity contribution in [1.29, 1.82) is 0 Å². The number of fused-ring (bicyclic) bond motifs is 1. The Kier molecular flexibility index (Phi) is 7.24. The van der Waals surface area contributed by atoms with Crippen LogP contribution in [0.2, 0.25) is 5.15 Å². The molecule has 3 heterocycles. The number of amides is 1. The van der Waals surface area contributed by atoms with Gasteiger partial charge in [0.05, 0.1) is 16.7 Å². The molecule has 0 atom stereocenters. The first kappa shape index (κ1) is 25.0. The van der Waals surface area contributed by atoms with Gasteiger partial charge in [0.2, 0.25) is 0 Å². The lowest BCUT2D eigenvalue weighted by atomic mass is 10.0. The quantitative estimate of drug-likeness (QED) is 0.192. The van der Waals surface area contributed by atoms with E-state index in [2.05, 4.69) is 59.8 Å². The highest BCUT2D eigenvalue weighted by atomic mass is 79.9. The summed E-state index contributed by atoms with van der Waals surface area (Å²) in [7, 11) is 0. The minimum absolute atomic E-state index is 0.0718. The molecule has 2 aromatic carbocycles. The maximum absolute atomic E-state index is 11.1. The predicted octanol–water partition coefficient (Wildman–Crippen LogP) is 6.05. The molecule has 0 aliphatic heterocycles. The SMILES string of the molecule is CCCCc1nc(Cl)c(CNC(=O)O)n1Cc1ccc2oc(-c3ccccc3-c3nnn[nH]3)c(Br)c2c1. The number of hydrogen-bond donors (Lipinski definition) is 3. The number of imidazole rings is 1.